The molecular formula is C15H13Br2NO2. The summed E-state index contributed by atoms with van der Waals surface area (Å²) in [6, 6.07) is 14.8. The van der Waals surface area contributed by atoms with E-state index in [9.17, 15) is 4.79 Å². The van der Waals surface area contributed by atoms with Crippen molar-refractivity contribution in [1.29, 1.82) is 0 Å². The van der Waals surface area contributed by atoms with Crippen LogP contribution in [0.25, 0.3) is 0 Å². The molecule has 1 amide bonds. The quantitative estimate of drug-likeness (QED) is 0.815. The molecule has 3 nitrogen and oxygen atoms in total. The van der Waals surface area contributed by atoms with Crippen molar-refractivity contribution in [3.8, 4) is 5.75 Å². The van der Waals surface area contributed by atoms with E-state index in [0.29, 0.717) is 5.75 Å². The van der Waals surface area contributed by atoms with Crippen molar-refractivity contribution in [3.05, 3.63) is 57.5 Å². The van der Waals surface area contributed by atoms with Gasteiger partial charge in [-0.05, 0) is 55.5 Å². The highest BCUT2D eigenvalue weighted by atomic mass is 79.9. The zero-order valence-corrected chi connectivity index (χ0v) is 13.9. The summed E-state index contributed by atoms with van der Waals surface area (Å²) in [5.41, 5.74) is 0.740. The normalized spacial score (nSPS) is 11.8. The first-order chi connectivity index (χ1) is 9.54. The second-order valence-corrected chi connectivity index (χ2v) is 6.04. The maximum atomic E-state index is 12.0. The van der Waals surface area contributed by atoms with Crippen molar-refractivity contribution in [2.24, 2.45) is 0 Å². The van der Waals surface area contributed by atoms with E-state index in [-0.39, 0.29) is 5.91 Å². The summed E-state index contributed by atoms with van der Waals surface area (Å²) in [5, 5.41) is 2.81. The minimum Gasteiger partial charge on any atom is -0.481 e. The molecule has 0 saturated carbocycles. The lowest BCUT2D eigenvalue weighted by Crippen LogP contribution is -2.30. The van der Waals surface area contributed by atoms with Gasteiger partial charge in [0.1, 0.15) is 5.75 Å². The van der Waals surface area contributed by atoms with Crippen molar-refractivity contribution in [1.82, 2.24) is 0 Å². The lowest BCUT2D eigenvalue weighted by Gasteiger charge is -2.14. The van der Waals surface area contributed by atoms with Gasteiger partial charge in [0.2, 0.25) is 0 Å². The first kappa shape index (κ1) is 15.1. The van der Waals surface area contributed by atoms with Crippen LogP contribution in [0.5, 0.6) is 5.75 Å². The average molecular weight is 399 g/mol. The van der Waals surface area contributed by atoms with Crippen LogP contribution < -0.4 is 10.1 Å². The van der Waals surface area contributed by atoms with Crippen LogP contribution in [0, 0.1) is 0 Å². The summed E-state index contributed by atoms with van der Waals surface area (Å²) in [5.74, 6) is 0.474. The Kier molecular flexibility index (Phi) is 5.20. The summed E-state index contributed by atoms with van der Waals surface area (Å²) in [6.45, 7) is 1.72. The Hall–Kier alpha value is -1.33. The summed E-state index contributed by atoms with van der Waals surface area (Å²) < 4.78 is 7.52. The second-order valence-electron chi connectivity index (χ2n) is 4.21. The molecule has 0 aromatic heterocycles. The van der Waals surface area contributed by atoms with E-state index in [1.54, 1.807) is 6.92 Å². The van der Waals surface area contributed by atoms with Crippen LogP contribution in [0.15, 0.2) is 57.5 Å². The van der Waals surface area contributed by atoms with Gasteiger partial charge in [-0.1, -0.05) is 31.9 Å². The Labute approximate surface area is 134 Å². The van der Waals surface area contributed by atoms with E-state index in [2.05, 4.69) is 37.2 Å². The van der Waals surface area contributed by atoms with E-state index in [1.807, 2.05) is 48.5 Å². The molecule has 0 aliphatic carbocycles. The van der Waals surface area contributed by atoms with E-state index >= 15 is 0 Å². The summed E-state index contributed by atoms with van der Waals surface area (Å²) in [4.78, 5) is 12.0. The molecule has 0 heterocycles. The molecule has 2 aromatic carbocycles. The fraction of sp³-hybridized carbons (Fsp3) is 0.133. The molecule has 2 aromatic rings. The molecule has 0 unspecified atom stereocenters. The fourth-order valence-corrected chi connectivity index (χ4v) is 2.08. The Morgan fingerprint density at radius 3 is 2.05 bits per heavy atom. The average Bonchev–Trinajstić information content (AvgIpc) is 2.44. The zero-order chi connectivity index (χ0) is 14.5. The number of hydrogen-bond donors (Lipinski definition) is 1. The summed E-state index contributed by atoms with van der Waals surface area (Å²) in [7, 11) is 0. The lowest BCUT2D eigenvalue weighted by atomic mass is 10.3. The van der Waals surface area contributed by atoms with Gasteiger partial charge in [-0.25, -0.2) is 0 Å². The molecular weight excluding hydrogens is 386 g/mol. The molecule has 0 aliphatic heterocycles. The molecule has 5 heteroatoms. The predicted molar refractivity (Wildman–Crippen MR) is 87.0 cm³/mol. The topological polar surface area (TPSA) is 38.3 Å². The van der Waals surface area contributed by atoms with Gasteiger partial charge in [-0.3, -0.25) is 4.79 Å². The molecule has 104 valence electrons. The third-order valence-electron chi connectivity index (χ3n) is 2.61. The highest BCUT2D eigenvalue weighted by Gasteiger charge is 2.14. The first-order valence-electron chi connectivity index (χ1n) is 6.03. The number of halogens is 2. The first-order valence-corrected chi connectivity index (χ1v) is 7.62. The Bertz CT molecular complexity index is 582. The van der Waals surface area contributed by atoms with Gasteiger partial charge >= 0.3 is 0 Å². The van der Waals surface area contributed by atoms with Gasteiger partial charge in [0, 0.05) is 14.6 Å². The number of amides is 1. The predicted octanol–water partition coefficient (Wildman–Crippen LogP) is 4.62. The smallest absolute Gasteiger partial charge is 0.265 e. The molecule has 1 N–H and O–H groups in total. The van der Waals surface area contributed by atoms with Gasteiger partial charge < -0.3 is 10.1 Å². The van der Waals surface area contributed by atoms with Crippen molar-refractivity contribution in [2.45, 2.75) is 13.0 Å². The molecule has 0 bridgehead atoms. The summed E-state index contributed by atoms with van der Waals surface area (Å²) >= 11 is 6.70. The molecule has 2 rings (SSSR count). The lowest BCUT2D eigenvalue weighted by molar-refractivity contribution is -0.122. The molecule has 0 spiro atoms. The van der Waals surface area contributed by atoms with Gasteiger partial charge in [-0.2, -0.15) is 0 Å². The van der Waals surface area contributed by atoms with Crippen LogP contribution in [0.2, 0.25) is 0 Å². The minimum atomic E-state index is -0.570. The maximum Gasteiger partial charge on any atom is 0.265 e. The molecule has 0 fully saturated rings. The second kappa shape index (κ2) is 6.90. The number of hydrogen-bond acceptors (Lipinski definition) is 2. The van der Waals surface area contributed by atoms with Crippen LogP contribution in [-0.2, 0) is 4.79 Å². The van der Waals surface area contributed by atoms with Crippen molar-refractivity contribution >= 4 is 43.5 Å². The molecule has 0 aliphatic rings. The van der Waals surface area contributed by atoms with Crippen LogP contribution in [0.1, 0.15) is 6.92 Å². The van der Waals surface area contributed by atoms with Crippen molar-refractivity contribution in [2.75, 3.05) is 5.32 Å². The van der Waals surface area contributed by atoms with Crippen LogP contribution in [0.4, 0.5) is 5.69 Å². The number of nitrogens with one attached hydrogen (secondary N) is 1. The summed E-state index contributed by atoms with van der Waals surface area (Å²) in [6.07, 6.45) is -0.570. The highest BCUT2D eigenvalue weighted by molar-refractivity contribution is 9.10. The SMILES string of the molecule is C[C@@H](Oc1ccc(Br)cc1)C(=O)Nc1ccc(Br)cc1. The van der Waals surface area contributed by atoms with Gasteiger partial charge in [0.15, 0.2) is 6.10 Å². The standard InChI is InChI=1S/C15H13Br2NO2/c1-10(20-14-8-4-12(17)5-9-14)15(19)18-13-6-2-11(16)3-7-13/h2-10H,1H3,(H,18,19)/t10-/m1/s1. The number of rotatable bonds is 4. The van der Waals surface area contributed by atoms with Crippen molar-refractivity contribution in [3.63, 3.8) is 0 Å². The van der Waals surface area contributed by atoms with E-state index in [1.165, 1.54) is 0 Å². The maximum absolute atomic E-state index is 12.0. The van der Waals surface area contributed by atoms with Crippen LogP contribution >= 0.6 is 31.9 Å². The molecule has 0 saturated heterocycles. The third-order valence-corrected chi connectivity index (χ3v) is 3.66. The number of ether oxygens (including phenoxy) is 1. The van der Waals surface area contributed by atoms with E-state index in [4.69, 9.17) is 4.74 Å². The largest absolute Gasteiger partial charge is 0.481 e. The zero-order valence-electron chi connectivity index (χ0n) is 10.8. The van der Waals surface area contributed by atoms with Gasteiger partial charge in [0.05, 0.1) is 0 Å². The third kappa shape index (κ3) is 4.35. The Morgan fingerprint density at radius 2 is 1.50 bits per heavy atom. The van der Waals surface area contributed by atoms with Crippen LogP contribution in [0.3, 0.4) is 0 Å². The Balaban J connectivity index is 1.94. The number of carbonyl (C=O) groups excluding carboxylic acids is 1. The number of benzene rings is 2. The number of carbonyl (C=O) groups is 1. The fourth-order valence-electron chi connectivity index (χ4n) is 1.55. The molecule has 0 radical (unpaired) electrons. The van der Waals surface area contributed by atoms with E-state index in [0.717, 1.165) is 14.6 Å². The molecule has 20 heavy (non-hydrogen) atoms. The van der Waals surface area contributed by atoms with E-state index < -0.39 is 6.10 Å². The van der Waals surface area contributed by atoms with Gasteiger partial charge in [0.25, 0.3) is 5.91 Å². The monoisotopic (exact) mass is 397 g/mol. The van der Waals surface area contributed by atoms with Gasteiger partial charge in [-0.15, -0.1) is 0 Å². The highest BCUT2D eigenvalue weighted by Crippen LogP contribution is 2.18. The van der Waals surface area contributed by atoms with Crippen LogP contribution in [-0.4, -0.2) is 12.0 Å². The number of anilines is 1. The van der Waals surface area contributed by atoms with Crippen molar-refractivity contribution < 1.29 is 9.53 Å². The Morgan fingerprint density at radius 1 is 1.00 bits per heavy atom. The minimum absolute atomic E-state index is 0.185. The molecule has 1 atom stereocenters.